The summed E-state index contributed by atoms with van der Waals surface area (Å²) in [7, 11) is 3.96. The van der Waals surface area contributed by atoms with Crippen molar-refractivity contribution in [3.8, 4) is 0 Å². The van der Waals surface area contributed by atoms with E-state index in [1.807, 2.05) is 50.2 Å². The number of aromatic nitrogens is 1. The van der Waals surface area contributed by atoms with E-state index in [0.717, 1.165) is 23.6 Å². The van der Waals surface area contributed by atoms with Crippen LogP contribution in [0.1, 0.15) is 17.3 Å². The smallest absolute Gasteiger partial charge is 0.259 e. The van der Waals surface area contributed by atoms with Crippen molar-refractivity contribution in [2.75, 3.05) is 36.2 Å². The molecule has 5 heteroatoms. The molecule has 1 aromatic carbocycles. The number of carbonyl (C=O) groups excluding carboxylic acids is 1. The molecule has 0 aliphatic rings. The molecule has 2 N–H and O–H groups in total. The van der Waals surface area contributed by atoms with Crippen LogP contribution in [0.15, 0.2) is 42.7 Å². The number of benzene rings is 1. The molecule has 0 saturated heterocycles. The number of pyridine rings is 1. The summed E-state index contributed by atoms with van der Waals surface area (Å²) in [6.07, 6.45) is 3.24. The Morgan fingerprint density at radius 3 is 2.52 bits per heavy atom. The Hall–Kier alpha value is -2.56. The summed E-state index contributed by atoms with van der Waals surface area (Å²) < 4.78 is 0. The summed E-state index contributed by atoms with van der Waals surface area (Å²) >= 11 is 0. The van der Waals surface area contributed by atoms with Gasteiger partial charge in [-0.2, -0.15) is 0 Å². The normalized spacial score (nSPS) is 10.0. The Morgan fingerprint density at radius 2 is 1.90 bits per heavy atom. The lowest BCUT2D eigenvalue weighted by Crippen LogP contribution is -2.15. The fourth-order valence-electron chi connectivity index (χ4n) is 1.96. The zero-order valence-electron chi connectivity index (χ0n) is 12.6. The first-order valence-electron chi connectivity index (χ1n) is 6.88. The zero-order valence-corrected chi connectivity index (χ0v) is 12.6. The fourth-order valence-corrected chi connectivity index (χ4v) is 1.96. The molecular formula is C16H20N4O. The van der Waals surface area contributed by atoms with Crippen LogP contribution in [0.5, 0.6) is 0 Å². The van der Waals surface area contributed by atoms with Crippen molar-refractivity contribution in [2.45, 2.75) is 6.92 Å². The quantitative estimate of drug-likeness (QED) is 0.886. The summed E-state index contributed by atoms with van der Waals surface area (Å²) in [6.45, 7) is 2.74. The Bertz CT molecular complexity index is 608. The number of hydrogen-bond donors (Lipinski definition) is 2. The first-order valence-corrected chi connectivity index (χ1v) is 6.88. The third-order valence-electron chi connectivity index (χ3n) is 3.07. The minimum atomic E-state index is -0.170. The maximum Gasteiger partial charge on any atom is 0.259 e. The Balaban J connectivity index is 2.14. The molecule has 0 bridgehead atoms. The van der Waals surface area contributed by atoms with E-state index >= 15 is 0 Å². The Morgan fingerprint density at radius 1 is 1.19 bits per heavy atom. The maximum atomic E-state index is 12.3. The molecule has 2 rings (SSSR count). The van der Waals surface area contributed by atoms with Crippen LogP contribution in [0.4, 0.5) is 17.1 Å². The number of carbonyl (C=O) groups is 1. The molecule has 1 aromatic heterocycles. The highest BCUT2D eigenvalue weighted by Gasteiger charge is 2.11. The van der Waals surface area contributed by atoms with Gasteiger partial charge in [-0.05, 0) is 37.3 Å². The van der Waals surface area contributed by atoms with E-state index in [9.17, 15) is 4.79 Å². The topological polar surface area (TPSA) is 57.3 Å². The molecule has 110 valence electrons. The lowest BCUT2D eigenvalue weighted by Gasteiger charge is -2.14. The number of rotatable bonds is 5. The van der Waals surface area contributed by atoms with E-state index < -0.39 is 0 Å². The molecule has 0 radical (unpaired) electrons. The summed E-state index contributed by atoms with van der Waals surface area (Å²) in [6, 6.07) is 9.49. The third kappa shape index (κ3) is 3.72. The summed E-state index contributed by atoms with van der Waals surface area (Å²) in [5.41, 5.74) is 3.17. The van der Waals surface area contributed by atoms with E-state index in [1.54, 1.807) is 18.5 Å². The van der Waals surface area contributed by atoms with Crippen LogP contribution in [-0.4, -0.2) is 31.5 Å². The van der Waals surface area contributed by atoms with Gasteiger partial charge in [-0.3, -0.25) is 9.78 Å². The molecule has 1 amide bonds. The Kier molecular flexibility index (Phi) is 4.77. The van der Waals surface area contributed by atoms with Crippen molar-refractivity contribution in [2.24, 2.45) is 0 Å². The van der Waals surface area contributed by atoms with Crippen LogP contribution in [0, 0.1) is 0 Å². The van der Waals surface area contributed by atoms with Gasteiger partial charge in [0.25, 0.3) is 5.91 Å². The molecule has 5 nitrogen and oxygen atoms in total. The highest BCUT2D eigenvalue weighted by molar-refractivity contribution is 6.07. The summed E-state index contributed by atoms with van der Waals surface area (Å²) in [5.74, 6) is -0.170. The molecular weight excluding hydrogens is 264 g/mol. The molecule has 0 atom stereocenters. The molecule has 0 fully saturated rings. The van der Waals surface area contributed by atoms with Crippen LogP contribution < -0.4 is 15.5 Å². The van der Waals surface area contributed by atoms with Crippen LogP contribution in [0.3, 0.4) is 0 Å². The van der Waals surface area contributed by atoms with Gasteiger partial charge in [-0.25, -0.2) is 0 Å². The number of hydrogen-bond acceptors (Lipinski definition) is 4. The van der Waals surface area contributed by atoms with Gasteiger partial charge in [0.2, 0.25) is 0 Å². The molecule has 1 heterocycles. The first-order chi connectivity index (χ1) is 10.1. The first kappa shape index (κ1) is 14.8. The predicted molar refractivity (Wildman–Crippen MR) is 87.1 cm³/mol. The molecule has 2 aromatic rings. The van der Waals surface area contributed by atoms with Crippen molar-refractivity contribution in [1.29, 1.82) is 0 Å². The van der Waals surface area contributed by atoms with Gasteiger partial charge in [0.1, 0.15) is 0 Å². The second kappa shape index (κ2) is 6.74. The SMILES string of the molecule is CCNc1ccncc1C(=O)Nc1ccc(N(C)C)cc1. The lowest BCUT2D eigenvalue weighted by molar-refractivity contribution is 0.102. The number of nitrogens with zero attached hydrogens (tertiary/aromatic N) is 2. The van der Waals surface area contributed by atoms with Gasteiger partial charge < -0.3 is 15.5 Å². The zero-order chi connectivity index (χ0) is 15.2. The summed E-state index contributed by atoms with van der Waals surface area (Å²) in [5, 5.41) is 6.05. The molecule has 0 aliphatic heterocycles. The van der Waals surface area contributed by atoms with Crippen LogP contribution in [-0.2, 0) is 0 Å². The van der Waals surface area contributed by atoms with Crippen molar-refractivity contribution in [3.63, 3.8) is 0 Å². The molecule has 0 aliphatic carbocycles. The number of anilines is 3. The van der Waals surface area contributed by atoms with Gasteiger partial charge in [0.05, 0.1) is 11.3 Å². The van der Waals surface area contributed by atoms with E-state index in [4.69, 9.17) is 0 Å². The standard InChI is InChI=1S/C16H20N4O/c1-4-18-15-9-10-17-11-14(15)16(21)19-12-5-7-13(8-6-12)20(2)3/h5-11H,4H2,1-3H3,(H,17,18)(H,19,21). The van der Waals surface area contributed by atoms with Gasteiger partial charge in [-0.1, -0.05) is 0 Å². The summed E-state index contributed by atoms with van der Waals surface area (Å²) in [4.78, 5) is 18.4. The van der Waals surface area contributed by atoms with Crippen LogP contribution in [0.25, 0.3) is 0 Å². The minimum Gasteiger partial charge on any atom is -0.385 e. The number of nitrogens with one attached hydrogen (secondary N) is 2. The van der Waals surface area contributed by atoms with E-state index in [0.29, 0.717) is 5.56 Å². The van der Waals surface area contributed by atoms with E-state index in [-0.39, 0.29) is 5.91 Å². The second-order valence-electron chi connectivity index (χ2n) is 4.85. The Labute approximate surface area is 125 Å². The maximum absolute atomic E-state index is 12.3. The van der Waals surface area contributed by atoms with Crippen molar-refractivity contribution in [1.82, 2.24) is 4.98 Å². The monoisotopic (exact) mass is 284 g/mol. The fraction of sp³-hybridized carbons (Fsp3) is 0.250. The average Bonchev–Trinajstić information content (AvgIpc) is 2.48. The van der Waals surface area contributed by atoms with E-state index in [2.05, 4.69) is 15.6 Å². The minimum absolute atomic E-state index is 0.170. The van der Waals surface area contributed by atoms with Crippen molar-refractivity contribution in [3.05, 3.63) is 48.3 Å². The predicted octanol–water partition coefficient (Wildman–Crippen LogP) is 2.83. The highest BCUT2D eigenvalue weighted by Crippen LogP contribution is 2.18. The second-order valence-corrected chi connectivity index (χ2v) is 4.85. The highest BCUT2D eigenvalue weighted by atomic mass is 16.1. The van der Waals surface area contributed by atoms with E-state index in [1.165, 1.54) is 0 Å². The number of amides is 1. The van der Waals surface area contributed by atoms with Gasteiger partial charge in [0.15, 0.2) is 0 Å². The van der Waals surface area contributed by atoms with Crippen LogP contribution in [0.2, 0.25) is 0 Å². The van der Waals surface area contributed by atoms with Gasteiger partial charge in [0, 0.05) is 44.4 Å². The largest absolute Gasteiger partial charge is 0.385 e. The van der Waals surface area contributed by atoms with Crippen molar-refractivity contribution < 1.29 is 4.79 Å². The van der Waals surface area contributed by atoms with Crippen molar-refractivity contribution >= 4 is 23.0 Å². The third-order valence-corrected chi connectivity index (χ3v) is 3.07. The molecule has 0 unspecified atom stereocenters. The lowest BCUT2D eigenvalue weighted by atomic mass is 10.2. The molecule has 0 spiro atoms. The molecule has 21 heavy (non-hydrogen) atoms. The van der Waals surface area contributed by atoms with Crippen LogP contribution >= 0.6 is 0 Å². The van der Waals surface area contributed by atoms with Gasteiger partial charge >= 0.3 is 0 Å². The molecule has 0 saturated carbocycles. The van der Waals surface area contributed by atoms with Gasteiger partial charge in [-0.15, -0.1) is 0 Å². The average molecular weight is 284 g/mol.